The van der Waals surface area contributed by atoms with Crippen LogP contribution in [0, 0.1) is 15.9 Å². The number of nitrogens with zero attached hydrogens (tertiary/aromatic N) is 2. The quantitative estimate of drug-likeness (QED) is 0.504. The number of anilines is 1. The molecule has 0 radical (unpaired) electrons. The highest BCUT2D eigenvalue weighted by Crippen LogP contribution is 2.25. The van der Waals surface area contributed by atoms with Gasteiger partial charge in [0, 0.05) is 13.1 Å². The van der Waals surface area contributed by atoms with Gasteiger partial charge in [-0.25, -0.2) is 4.39 Å². The minimum absolute atomic E-state index is 0.192. The molecule has 0 aliphatic rings. The molecule has 98 valence electrons. The van der Waals surface area contributed by atoms with E-state index in [2.05, 4.69) is 0 Å². The van der Waals surface area contributed by atoms with Gasteiger partial charge in [-0.15, -0.1) is 0 Å². The van der Waals surface area contributed by atoms with Crippen LogP contribution in [0.5, 0.6) is 0 Å². The zero-order valence-corrected chi connectivity index (χ0v) is 10.1. The predicted molar refractivity (Wildman–Crippen MR) is 64.7 cm³/mol. The second kappa shape index (κ2) is 5.44. The van der Waals surface area contributed by atoms with Crippen molar-refractivity contribution in [3.63, 3.8) is 0 Å². The molecule has 0 spiro atoms. The number of nitro groups is 1. The summed E-state index contributed by atoms with van der Waals surface area (Å²) in [7, 11) is 0. The molecule has 6 nitrogen and oxygen atoms in total. The molecule has 1 aromatic rings. The second-order valence-electron chi connectivity index (χ2n) is 3.63. The second-order valence-corrected chi connectivity index (χ2v) is 3.63. The van der Waals surface area contributed by atoms with Crippen molar-refractivity contribution in [3.05, 3.63) is 33.6 Å². The molecule has 0 fully saturated rings. The molecule has 0 aromatic heterocycles. The first-order valence-electron chi connectivity index (χ1n) is 5.45. The van der Waals surface area contributed by atoms with Gasteiger partial charge < -0.3 is 10.6 Å². The molecule has 0 saturated heterocycles. The first-order valence-corrected chi connectivity index (χ1v) is 5.45. The number of rotatable bonds is 4. The maximum atomic E-state index is 13.2. The fourth-order valence-electron chi connectivity index (χ4n) is 1.58. The van der Waals surface area contributed by atoms with Crippen LogP contribution in [0.3, 0.4) is 0 Å². The number of hydrogen-bond donors (Lipinski definition) is 1. The van der Waals surface area contributed by atoms with Crippen LogP contribution in [0.15, 0.2) is 12.1 Å². The van der Waals surface area contributed by atoms with Crippen LogP contribution in [0.4, 0.5) is 15.8 Å². The van der Waals surface area contributed by atoms with Crippen molar-refractivity contribution < 1.29 is 14.1 Å². The van der Waals surface area contributed by atoms with Crippen molar-refractivity contribution >= 4 is 17.3 Å². The Morgan fingerprint density at radius 2 is 2.00 bits per heavy atom. The van der Waals surface area contributed by atoms with Gasteiger partial charge in [0.2, 0.25) is 0 Å². The smallest absolute Gasteiger partial charge is 0.285 e. The number of nitro benzene ring substituents is 1. The lowest BCUT2D eigenvalue weighted by atomic mass is 10.1. The molecular formula is C11H14FN3O3. The van der Waals surface area contributed by atoms with E-state index < -0.39 is 22.3 Å². The SMILES string of the molecule is CCN(CC)C(=O)c1cc(N)c(F)cc1[N+](=O)[O-]. The Balaban J connectivity index is 3.34. The molecule has 1 aromatic carbocycles. The number of carbonyl (C=O) groups is 1. The van der Waals surface area contributed by atoms with E-state index >= 15 is 0 Å². The topological polar surface area (TPSA) is 89.5 Å². The summed E-state index contributed by atoms with van der Waals surface area (Å²) >= 11 is 0. The minimum atomic E-state index is -0.905. The van der Waals surface area contributed by atoms with Crippen LogP contribution in [-0.4, -0.2) is 28.8 Å². The molecule has 1 amide bonds. The number of nitrogens with two attached hydrogens (primary N) is 1. The van der Waals surface area contributed by atoms with Crippen molar-refractivity contribution in [2.45, 2.75) is 13.8 Å². The molecule has 0 aliphatic carbocycles. The number of hydrogen-bond acceptors (Lipinski definition) is 4. The molecular weight excluding hydrogens is 241 g/mol. The first-order chi connectivity index (χ1) is 8.42. The highest BCUT2D eigenvalue weighted by atomic mass is 19.1. The summed E-state index contributed by atoms with van der Waals surface area (Å²) in [5, 5.41) is 10.8. The Kier molecular flexibility index (Phi) is 4.19. The Bertz CT molecular complexity index is 487. The van der Waals surface area contributed by atoms with Gasteiger partial charge in [-0.3, -0.25) is 14.9 Å². The van der Waals surface area contributed by atoms with Gasteiger partial charge >= 0.3 is 0 Å². The van der Waals surface area contributed by atoms with Crippen molar-refractivity contribution in [2.24, 2.45) is 0 Å². The monoisotopic (exact) mass is 255 g/mol. The van der Waals surface area contributed by atoms with Crippen LogP contribution in [0.25, 0.3) is 0 Å². The fraction of sp³-hybridized carbons (Fsp3) is 0.364. The molecule has 1 rings (SSSR count). The van der Waals surface area contributed by atoms with E-state index in [4.69, 9.17) is 5.73 Å². The summed E-state index contributed by atoms with van der Waals surface area (Å²) in [6.07, 6.45) is 0. The summed E-state index contributed by atoms with van der Waals surface area (Å²) in [5.74, 6) is -1.43. The summed E-state index contributed by atoms with van der Waals surface area (Å²) in [6.45, 7) is 4.31. The normalized spacial score (nSPS) is 10.2. The molecule has 0 saturated carbocycles. The molecule has 0 aliphatic heterocycles. The van der Waals surface area contributed by atoms with Gasteiger partial charge in [-0.1, -0.05) is 0 Å². The van der Waals surface area contributed by atoms with Gasteiger partial charge in [0.25, 0.3) is 11.6 Å². The summed E-state index contributed by atoms with van der Waals surface area (Å²) in [5.41, 5.74) is 4.30. The van der Waals surface area contributed by atoms with Gasteiger partial charge in [0.15, 0.2) is 5.82 Å². The Hall–Kier alpha value is -2.18. The van der Waals surface area contributed by atoms with E-state index in [1.807, 2.05) is 0 Å². The highest BCUT2D eigenvalue weighted by Gasteiger charge is 2.25. The van der Waals surface area contributed by atoms with Crippen LogP contribution < -0.4 is 5.73 Å². The molecule has 0 bridgehead atoms. The van der Waals surface area contributed by atoms with E-state index in [0.717, 1.165) is 6.07 Å². The standard InChI is InChI=1S/C11H14FN3O3/c1-3-14(4-2)11(16)7-5-9(13)8(12)6-10(7)15(17)18/h5-6H,3-4,13H2,1-2H3. The lowest BCUT2D eigenvalue weighted by Gasteiger charge is -2.18. The average Bonchev–Trinajstić information content (AvgIpc) is 2.33. The molecule has 18 heavy (non-hydrogen) atoms. The van der Waals surface area contributed by atoms with Gasteiger partial charge in [-0.05, 0) is 19.9 Å². The van der Waals surface area contributed by atoms with Crippen molar-refractivity contribution in [2.75, 3.05) is 18.8 Å². The van der Waals surface area contributed by atoms with Gasteiger partial charge in [0.1, 0.15) is 5.56 Å². The lowest BCUT2D eigenvalue weighted by molar-refractivity contribution is -0.385. The number of benzene rings is 1. The fourth-order valence-corrected chi connectivity index (χ4v) is 1.58. The minimum Gasteiger partial charge on any atom is -0.396 e. The molecule has 0 unspecified atom stereocenters. The maximum Gasteiger partial charge on any atom is 0.285 e. The maximum absolute atomic E-state index is 13.2. The highest BCUT2D eigenvalue weighted by molar-refractivity contribution is 5.99. The van der Waals surface area contributed by atoms with Crippen LogP contribution in [-0.2, 0) is 0 Å². The van der Waals surface area contributed by atoms with Crippen LogP contribution in [0.1, 0.15) is 24.2 Å². The number of halogens is 1. The first kappa shape index (κ1) is 13.9. The third kappa shape index (κ3) is 2.55. The van der Waals surface area contributed by atoms with Crippen molar-refractivity contribution in [3.8, 4) is 0 Å². The van der Waals surface area contributed by atoms with E-state index in [1.54, 1.807) is 13.8 Å². The van der Waals surface area contributed by atoms with E-state index in [9.17, 15) is 19.3 Å². The zero-order chi connectivity index (χ0) is 13.9. The number of carbonyl (C=O) groups excluding carboxylic acids is 1. The average molecular weight is 255 g/mol. The Morgan fingerprint density at radius 1 is 1.44 bits per heavy atom. The summed E-state index contributed by atoms with van der Waals surface area (Å²) in [6, 6.07) is 1.68. The van der Waals surface area contributed by atoms with Crippen LogP contribution >= 0.6 is 0 Å². The largest absolute Gasteiger partial charge is 0.396 e. The van der Waals surface area contributed by atoms with Crippen molar-refractivity contribution in [1.82, 2.24) is 4.90 Å². The molecule has 7 heteroatoms. The Morgan fingerprint density at radius 3 is 2.44 bits per heavy atom. The Labute approximate surface area is 103 Å². The van der Waals surface area contributed by atoms with Gasteiger partial charge in [-0.2, -0.15) is 0 Å². The summed E-state index contributed by atoms with van der Waals surface area (Å²) < 4.78 is 13.2. The van der Waals surface area contributed by atoms with E-state index in [-0.39, 0.29) is 11.3 Å². The summed E-state index contributed by atoms with van der Waals surface area (Å²) in [4.78, 5) is 23.5. The third-order valence-corrected chi connectivity index (χ3v) is 2.59. The predicted octanol–water partition coefficient (Wildman–Crippen LogP) is 1.80. The number of amides is 1. The lowest BCUT2D eigenvalue weighted by Crippen LogP contribution is -2.31. The van der Waals surface area contributed by atoms with E-state index in [1.165, 1.54) is 4.90 Å². The van der Waals surface area contributed by atoms with Crippen molar-refractivity contribution in [1.29, 1.82) is 0 Å². The number of nitrogen functional groups attached to an aromatic ring is 1. The molecule has 2 N–H and O–H groups in total. The molecule has 0 atom stereocenters. The zero-order valence-electron chi connectivity index (χ0n) is 10.1. The van der Waals surface area contributed by atoms with E-state index in [0.29, 0.717) is 19.2 Å². The van der Waals surface area contributed by atoms with Gasteiger partial charge in [0.05, 0.1) is 16.7 Å². The molecule has 0 heterocycles. The third-order valence-electron chi connectivity index (χ3n) is 2.59. The van der Waals surface area contributed by atoms with Crippen LogP contribution in [0.2, 0.25) is 0 Å².